The molecule has 0 aromatic heterocycles. The lowest BCUT2D eigenvalue weighted by molar-refractivity contribution is 0.109. The van der Waals surface area contributed by atoms with Gasteiger partial charge in [0.15, 0.2) is 0 Å². The largest absolute Gasteiger partial charge is 0.489 e. The van der Waals surface area contributed by atoms with Crippen LogP contribution >= 0.6 is 31.9 Å². The van der Waals surface area contributed by atoms with E-state index in [1.807, 2.05) is 6.92 Å². The quantitative estimate of drug-likeness (QED) is 0.672. The molecule has 0 fully saturated rings. The van der Waals surface area contributed by atoms with Crippen molar-refractivity contribution in [3.8, 4) is 5.75 Å². The van der Waals surface area contributed by atoms with Crippen LogP contribution < -0.4 is 10.1 Å². The Morgan fingerprint density at radius 3 is 2.32 bits per heavy atom. The summed E-state index contributed by atoms with van der Waals surface area (Å²) in [5.41, 5.74) is 1.21. The Morgan fingerprint density at radius 1 is 1.16 bits per heavy atom. The number of benzene rings is 1. The third-order valence-corrected chi connectivity index (χ3v) is 3.63. The summed E-state index contributed by atoms with van der Waals surface area (Å²) in [6, 6.07) is 4.63. The van der Waals surface area contributed by atoms with Crippen LogP contribution in [0.1, 0.15) is 26.3 Å². The summed E-state index contributed by atoms with van der Waals surface area (Å²) in [5, 5.41) is 3.39. The van der Waals surface area contributed by atoms with Crippen LogP contribution in [0.15, 0.2) is 21.1 Å². The normalized spacial score (nSPS) is 11.1. The van der Waals surface area contributed by atoms with Crippen LogP contribution in [0, 0.1) is 0 Å². The third-order valence-electron chi connectivity index (χ3n) is 2.45. The average Bonchev–Trinajstić information content (AvgIpc) is 2.34. The first-order valence-corrected chi connectivity index (χ1v) is 8.05. The van der Waals surface area contributed by atoms with E-state index in [1.54, 1.807) is 0 Å². The summed E-state index contributed by atoms with van der Waals surface area (Å²) in [6.45, 7) is 8.95. The molecule has 0 spiro atoms. The van der Waals surface area contributed by atoms with Crippen molar-refractivity contribution in [3.63, 3.8) is 0 Å². The zero-order valence-corrected chi connectivity index (χ0v) is 14.8. The van der Waals surface area contributed by atoms with Crippen LogP contribution in [0.5, 0.6) is 5.75 Å². The fourth-order valence-corrected chi connectivity index (χ4v) is 3.03. The Balaban J connectivity index is 2.63. The van der Waals surface area contributed by atoms with E-state index in [9.17, 15) is 0 Å². The van der Waals surface area contributed by atoms with Gasteiger partial charge in [0, 0.05) is 19.2 Å². The molecule has 0 saturated carbocycles. The van der Waals surface area contributed by atoms with Crippen LogP contribution in [0.3, 0.4) is 0 Å². The molecule has 0 radical (unpaired) electrons. The molecule has 0 unspecified atom stereocenters. The molecule has 0 amide bonds. The Kier molecular flexibility index (Phi) is 7.99. The highest BCUT2D eigenvalue weighted by Gasteiger charge is 2.09. The standard InChI is InChI=1S/C14H21Br2NO2/c1-4-18-5-6-19-14-12(15)7-11(8-13(14)16)9-17-10(2)3/h7-8,10,17H,4-6,9H2,1-3H3. The van der Waals surface area contributed by atoms with Gasteiger partial charge in [-0.1, -0.05) is 13.8 Å². The zero-order valence-electron chi connectivity index (χ0n) is 11.6. The molecule has 0 saturated heterocycles. The van der Waals surface area contributed by atoms with Crippen LogP contribution in [-0.4, -0.2) is 25.9 Å². The molecule has 0 atom stereocenters. The Bertz CT molecular complexity index is 374. The van der Waals surface area contributed by atoms with Gasteiger partial charge in [0.1, 0.15) is 12.4 Å². The molecule has 1 rings (SSSR count). The summed E-state index contributed by atoms with van der Waals surface area (Å²) < 4.78 is 12.9. The smallest absolute Gasteiger partial charge is 0.147 e. The van der Waals surface area contributed by atoms with Crippen LogP contribution in [0.2, 0.25) is 0 Å². The van der Waals surface area contributed by atoms with Crippen molar-refractivity contribution in [2.24, 2.45) is 0 Å². The fourth-order valence-electron chi connectivity index (χ4n) is 1.52. The molecule has 108 valence electrons. The lowest BCUT2D eigenvalue weighted by Gasteiger charge is -2.13. The molecular weight excluding hydrogens is 374 g/mol. The first kappa shape index (κ1) is 17.0. The Hall–Kier alpha value is -0.100. The molecule has 1 N–H and O–H groups in total. The van der Waals surface area contributed by atoms with Crippen molar-refractivity contribution in [1.29, 1.82) is 0 Å². The minimum absolute atomic E-state index is 0.472. The molecule has 19 heavy (non-hydrogen) atoms. The minimum Gasteiger partial charge on any atom is -0.489 e. The van der Waals surface area contributed by atoms with Gasteiger partial charge >= 0.3 is 0 Å². The first-order valence-electron chi connectivity index (χ1n) is 6.46. The van der Waals surface area contributed by atoms with Crippen LogP contribution in [-0.2, 0) is 11.3 Å². The molecule has 0 bridgehead atoms. The summed E-state index contributed by atoms with van der Waals surface area (Å²) in [6.07, 6.45) is 0. The van der Waals surface area contributed by atoms with E-state index in [1.165, 1.54) is 5.56 Å². The van der Waals surface area contributed by atoms with Crippen molar-refractivity contribution >= 4 is 31.9 Å². The lowest BCUT2D eigenvalue weighted by atomic mass is 10.2. The second kappa shape index (κ2) is 8.95. The predicted octanol–water partition coefficient (Wildman–Crippen LogP) is 4.12. The molecule has 1 aromatic carbocycles. The van der Waals surface area contributed by atoms with Crippen molar-refractivity contribution in [1.82, 2.24) is 5.32 Å². The van der Waals surface area contributed by atoms with Gasteiger partial charge in [-0.05, 0) is 56.5 Å². The van der Waals surface area contributed by atoms with E-state index < -0.39 is 0 Å². The molecule has 0 aliphatic carbocycles. The molecule has 3 nitrogen and oxygen atoms in total. The van der Waals surface area contributed by atoms with E-state index in [0.29, 0.717) is 25.9 Å². The van der Waals surface area contributed by atoms with Gasteiger partial charge in [0.2, 0.25) is 0 Å². The maximum Gasteiger partial charge on any atom is 0.147 e. The van der Waals surface area contributed by atoms with Crippen molar-refractivity contribution in [2.45, 2.75) is 33.4 Å². The Labute approximate surface area is 132 Å². The second-order valence-corrected chi connectivity index (χ2v) is 6.18. The van der Waals surface area contributed by atoms with E-state index in [2.05, 4.69) is 63.2 Å². The van der Waals surface area contributed by atoms with Gasteiger partial charge in [-0.15, -0.1) is 0 Å². The average molecular weight is 395 g/mol. The monoisotopic (exact) mass is 393 g/mol. The third kappa shape index (κ3) is 6.25. The molecule has 0 aliphatic rings. The van der Waals surface area contributed by atoms with E-state index in [4.69, 9.17) is 9.47 Å². The topological polar surface area (TPSA) is 30.5 Å². The van der Waals surface area contributed by atoms with Gasteiger partial charge in [-0.3, -0.25) is 0 Å². The second-order valence-electron chi connectivity index (χ2n) is 4.47. The van der Waals surface area contributed by atoms with E-state index >= 15 is 0 Å². The number of nitrogens with one attached hydrogen (secondary N) is 1. The highest BCUT2D eigenvalue weighted by atomic mass is 79.9. The summed E-state index contributed by atoms with van der Waals surface area (Å²) in [5.74, 6) is 0.827. The molecule has 1 aromatic rings. The predicted molar refractivity (Wildman–Crippen MR) is 85.8 cm³/mol. The van der Waals surface area contributed by atoms with Gasteiger partial charge in [0.05, 0.1) is 15.6 Å². The maximum atomic E-state index is 5.71. The molecular formula is C14H21Br2NO2. The van der Waals surface area contributed by atoms with Crippen molar-refractivity contribution in [2.75, 3.05) is 19.8 Å². The number of halogens is 2. The minimum atomic E-state index is 0.472. The maximum absolute atomic E-state index is 5.71. The van der Waals surface area contributed by atoms with E-state index in [0.717, 1.165) is 21.2 Å². The highest BCUT2D eigenvalue weighted by Crippen LogP contribution is 2.34. The number of rotatable bonds is 8. The summed E-state index contributed by atoms with van der Waals surface area (Å²) in [7, 11) is 0. The van der Waals surface area contributed by atoms with Crippen molar-refractivity contribution in [3.05, 3.63) is 26.6 Å². The van der Waals surface area contributed by atoms with Gasteiger partial charge in [0.25, 0.3) is 0 Å². The number of ether oxygens (including phenoxy) is 2. The number of hydrogen-bond acceptors (Lipinski definition) is 3. The highest BCUT2D eigenvalue weighted by molar-refractivity contribution is 9.11. The van der Waals surface area contributed by atoms with Crippen LogP contribution in [0.4, 0.5) is 0 Å². The zero-order chi connectivity index (χ0) is 14.3. The van der Waals surface area contributed by atoms with Crippen LogP contribution in [0.25, 0.3) is 0 Å². The van der Waals surface area contributed by atoms with Gasteiger partial charge < -0.3 is 14.8 Å². The Morgan fingerprint density at radius 2 is 1.79 bits per heavy atom. The lowest BCUT2D eigenvalue weighted by Crippen LogP contribution is -2.21. The fraction of sp³-hybridized carbons (Fsp3) is 0.571. The summed E-state index contributed by atoms with van der Waals surface area (Å²) in [4.78, 5) is 0. The molecule has 5 heteroatoms. The van der Waals surface area contributed by atoms with Crippen molar-refractivity contribution < 1.29 is 9.47 Å². The molecule has 0 aliphatic heterocycles. The van der Waals surface area contributed by atoms with E-state index in [-0.39, 0.29) is 0 Å². The number of hydrogen-bond donors (Lipinski definition) is 1. The first-order chi connectivity index (χ1) is 9.04. The SMILES string of the molecule is CCOCCOc1c(Br)cc(CNC(C)C)cc1Br. The van der Waals surface area contributed by atoms with Gasteiger partial charge in [-0.25, -0.2) is 0 Å². The summed E-state index contributed by atoms with van der Waals surface area (Å²) >= 11 is 7.10. The van der Waals surface area contributed by atoms with Gasteiger partial charge in [-0.2, -0.15) is 0 Å². The molecule has 0 heterocycles.